The van der Waals surface area contributed by atoms with Crippen molar-refractivity contribution in [1.82, 2.24) is 15.5 Å². The Morgan fingerprint density at radius 2 is 1.94 bits per heavy atom. The molecule has 6 nitrogen and oxygen atoms in total. The highest BCUT2D eigenvalue weighted by atomic mass is 32.2. The van der Waals surface area contributed by atoms with Crippen molar-refractivity contribution >= 4 is 29.4 Å². The second kappa shape index (κ2) is 13.0. The molecule has 10 heteroatoms. The second-order valence-electron chi connectivity index (χ2n) is 7.86. The first-order valence-corrected chi connectivity index (χ1v) is 11.8. The van der Waals surface area contributed by atoms with E-state index in [0.29, 0.717) is 31.1 Å². The molecule has 2 rings (SSSR count). The first kappa shape index (κ1) is 26.3. The number of carbonyl (C=O) groups is 3. The summed E-state index contributed by atoms with van der Waals surface area (Å²) in [5, 5.41) is 5.43. The molecule has 1 saturated heterocycles. The standard InChI is InChI=1S/C22H30F3N3O3S/c1-16(29)27-21(31)19(8-5-13-32-15-20(30)22(23,24)25)26-10-12-28-11-9-18(14-28)17-6-3-2-4-7-17/h2-4,6-7,18-19,26H,5,8-15H2,1H3,(H,27,29,31)/t18?,19-/m0/s1. The van der Waals surface area contributed by atoms with Gasteiger partial charge in [0, 0.05) is 26.6 Å². The predicted octanol–water partition coefficient (Wildman–Crippen LogP) is 2.74. The first-order chi connectivity index (χ1) is 15.2. The lowest BCUT2D eigenvalue weighted by Crippen LogP contribution is -2.47. The van der Waals surface area contributed by atoms with E-state index >= 15 is 0 Å². The summed E-state index contributed by atoms with van der Waals surface area (Å²) in [7, 11) is 0. The minimum Gasteiger partial charge on any atom is -0.305 e. The van der Waals surface area contributed by atoms with Crippen molar-refractivity contribution in [3.8, 4) is 0 Å². The zero-order chi connectivity index (χ0) is 23.6. The molecule has 1 heterocycles. The molecule has 178 valence electrons. The number of halogens is 3. The van der Waals surface area contributed by atoms with Crippen molar-refractivity contribution in [3.05, 3.63) is 35.9 Å². The van der Waals surface area contributed by atoms with Crippen LogP contribution < -0.4 is 10.6 Å². The molecule has 1 aliphatic rings. The topological polar surface area (TPSA) is 78.5 Å². The van der Waals surface area contributed by atoms with Gasteiger partial charge in [0.15, 0.2) is 0 Å². The number of nitrogens with one attached hydrogen (secondary N) is 2. The Morgan fingerprint density at radius 3 is 2.59 bits per heavy atom. The van der Waals surface area contributed by atoms with Crippen LogP contribution in [0.2, 0.25) is 0 Å². The molecular weight excluding hydrogens is 443 g/mol. The zero-order valence-electron chi connectivity index (χ0n) is 18.1. The van der Waals surface area contributed by atoms with E-state index in [1.165, 1.54) is 12.5 Å². The third-order valence-electron chi connectivity index (χ3n) is 5.31. The monoisotopic (exact) mass is 473 g/mol. The van der Waals surface area contributed by atoms with Crippen molar-refractivity contribution < 1.29 is 27.6 Å². The normalized spacial score (nSPS) is 17.8. The van der Waals surface area contributed by atoms with Crippen LogP contribution in [0.25, 0.3) is 0 Å². The number of hydrogen-bond acceptors (Lipinski definition) is 6. The number of likely N-dealkylation sites (tertiary alicyclic amines) is 1. The average molecular weight is 474 g/mol. The van der Waals surface area contributed by atoms with Gasteiger partial charge in [-0.05, 0) is 43.0 Å². The molecule has 0 radical (unpaired) electrons. The molecule has 2 atom stereocenters. The van der Waals surface area contributed by atoms with Gasteiger partial charge in [-0.2, -0.15) is 24.9 Å². The van der Waals surface area contributed by atoms with Crippen LogP contribution in [0.15, 0.2) is 30.3 Å². The van der Waals surface area contributed by atoms with Crippen molar-refractivity contribution in [2.24, 2.45) is 0 Å². The molecule has 32 heavy (non-hydrogen) atoms. The quantitative estimate of drug-likeness (QED) is 0.455. The molecule has 0 aliphatic carbocycles. The van der Waals surface area contributed by atoms with Gasteiger partial charge >= 0.3 is 6.18 Å². The van der Waals surface area contributed by atoms with Gasteiger partial charge in [-0.15, -0.1) is 0 Å². The Kier molecular flexibility index (Phi) is 10.7. The SMILES string of the molecule is CC(=O)NC(=O)[C@H](CCCSCC(=O)C(F)(F)F)NCCN1CCC(c2ccccc2)C1. The van der Waals surface area contributed by atoms with Crippen molar-refractivity contribution in [2.75, 3.05) is 37.7 Å². The van der Waals surface area contributed by atoms with Gasteiger partial charge in [0.2, 0.25) is 17.6 Å². The molecule has 0 bridgehead atoms. The minimum atomic E-state index is -4.81. The van der Waals surface area contributed by atoms with Crippen LogP contribution in [0.5, 0.6) is 0 Å². The fraction of sp³-hybridized carbons (Fsp3) is 0.591. The van der Waals surface area contributed by atoms with Crippen LogP contribution in [0, 0.1) is 0 Å². The number of benzene rings is 1. The number of hydrogen-bond donors (Lipinski definition) is 2. The van der Waals surface area contributed by atoms with E-state index in [4.69, 9.17) is 0 Å². The molecule has 1 aliphatic heterocycles. The maximum absolute atomic E-state index is 12.3. The van der Waals surface area contributed by atoms with E-state index in [1.54, 1.807) is 0 Å². The van der Waals surface area contributed by atoms with Crippen molar-refractivity contribution in [3.63, 3.8) is 0 Å². The van der Waals surface area contributed by atoms with Gasteiger partial charge < -0.3 is 10.2 Å². The third-order valence-corrected chi connectivity index (χ3v) is 6.35. The van der Waals surface area contributed by atoms with Crippen LogP contribution in [-0.2, 0) is 14.4 Å². The number of Topliss-reactive ketones (excluding diaryl/α,β-unsaturated/α-hetero) is 1. The molecule has 1 aromatic carbocycles. The van der Waals surface area contributed by atoms with Gasteiger partial charge in [0.05, 0.1) is 11.8 Å². The van der Waals surface area contributed by atoms with Gasteiger partial charge in [0.25, 0.3) is 0 Å². The number of alkyl halides is 3. The summed E-state index contributed by atoms with van der Waals surface area (Å²) in [6.07, 6.45) is -2.93. The van der Waals surface area contributed by atoms with Gasteiger partial charge in [-0.3, -0.25) is 19.7 Å². The number of thioether (sulfide) groups is 1. The van der Waals surface area contributed by atoms with Crippen LogP contribution >= 0.6 is 11.8 Å². The van der Waals surface area contributed by atoms with E-state index in [1.807, 2.05) is 18.2 Å². The molecule has 1 fully saturated rings. The second-order valence-corrected chi connectivity index (χ2v) is 8.97. The summed E-state index contributed by atoms with van der Waals surface area (Å²) in [5.74, 6) is -2.48. The number of carbonyl (C=O) groups excluding carboxylic acids is 3. The molecule has 0 saturated carbocycles. The summed E-state index contributed by atoms with van der Waals surface area (Å²) >= 11 is 0.894. The van der Waals surface area contributed by atoms with Crippen molar-refractivity contribution in [2.45, 2.75) is 44.3 Å². The highest BCUT2D eigenvalue weighted by Gasteiger charge is 2.37. The predicted molar refractivity (Wildman–Crippen MR) is 118 cm³/mol. The van der Waals surface area contributed by atoms with E-state index in [0.717, 1.165) is 37.8 Å². The lowest BCUT2D eigenvalue weighted by atomic mass is 9.99. The summed E-state index contributed by atoms with van der Waals surface area (Å²) < 4.78 is 36.7. The molecular formula is C22H30F3N3O3S. The Morgan fingerprint density at radius 1 is 1.22 bits per heavy atom. The number of rotatable bonds is 12. The third kappa shape index (κ3) is 9.30. The van der Waals surface area contributed by atoms with Gasteiger partial charge in [0.1, 0.15) is 0 Å². The van der Waals surface area contributed by atoms with Gasteiger partial charge in [-0.25, -0.2) is 0 Å². The maximum atomic E-state index is 12.3. The minimum absolute atomic E-state index is 0.318. The average Bonchev–Trinajstić information content (AvgIpc) is 3.20. The van der Waals surface area contributed by atoms with E-state index < -0.39 is 35.6 Å². The molecule has 2 amide bonds. The van der Waals surface area contributed by atoms with E-state index in [9.17, 15) is 27.6 Å². The lowest BCUT2D eigenvalue weighted by Gasteiger charge is -2.21. The highest BCUT2D eigenvalue weighted by molar-refractivity contribution is 7.99. The first-order valence-electron chi connectivity index (χ1n) is 10.7. The molecule has 1 unspecified atom stereocenters. The van der Waals surface area contributed by atoms with E-state index in [-0.39, 0.29) is 0 Å². The fourth-order valence-corrected chi connectivity index (χ4v) is 4.52. The largest absolute Gasteiger partial charge is 0.450 e. The fourth-order valence-electron chi connectivity index (χ4n) is 3.65. The number of imide groups is 1. The Balaban J connectivity index is 1.73. The number of nitrogens with zero attached hydrogens (tertiary/aromatic N) is 1. The summed E-state index contributed by atoms with van der Waals surface area (Å²) in [6.45, 7) is 4.47. The van der Waals surface area contributed by atoms with Gasteiger partial charge in [-0.1, -0.05) is 30.3 Å². The maximum Gasteiger partial charge on any atom is 0.450 e. The van der Waals surface area contributed by atoms with Crippen LogP contribution in [0.3, 0.4) is 0 Å². The molecule has 2 N–H and O–H groups in total. The summed E-state index contributed by atoms with van der Waals surface area (Å²) in [6, 6.07) is 9.72. The van der Waals surface area contributed by atoms with Crippen LogP contribution in [-0.4, -0.2) is 72.4 Å². The number of ketones is 1. The van der Waals surface area contributed by atoms with E-state index in [2.05, 4.69) is 27.7 Å². The van der Waals surface area contributed by atoms with Crippen LogP contribution in [0.4, 0.5) is 13.2 Å². The molecule has 1 aromatic rings. The van der Waals surface area contributed by atoms with Crippen LogP contribution in [0.1, 0.15) is 37.7 Å². The zero-order valence-corrected chi connectivity index (χ0v) is 18.9. The van der Waals surface area contributed by atoms with Crippen molar-refractivity contribution in [1.29, 1.82) is 0 Å². The Hall–Kier alpha value is -1.91. The highest BCUT2D eigenvalue weighted by Crippen LogP contribution is 2.26. The Labute approximate surface area is 190 Å². The Bertz CT molecular complexity index is 762. The molecule has 0 aromatic heterocycles. The summed E-state index contributed by atoms with van der Waals surface area (Å²) in [5.41, 5.74) is 1.32. The summed E-state index contributed by atoms with van der Waals surface area (Å²) in [4.78, 5) is 36.8. The lowest BCUT2D eigenvalue weighted by molar-refractivity contribution is -0.167. The smallest absolute Gasteiger partial charge is 0.305 e. The number of amides is 2. The molecule has 0 spiro atoms.